The standard InChI is InChI=1S/CH6N2O2S/c1-3-6(2,4)5/h3H,1H3,(H2,2,4,5). The minimum absolute atomic E-state index is 1.25. The lowest BCUT2D eigenvalue weighted by molar-refractivity contribution is 0.590. The SMILES string of the molecule is CNS(N)(=O)=O. The summed E-state index contributed by atoms with van der Waals surface area (Å²) in [5.74, 6) is 0. The fraction of sp³-hybridized carbons (Fsp3) is 1.00. The number of rotatable bonds is 1. The lowest BCUT2D eigenvalue weighted by Crippen LogP contribution is -2.26. The van der Waals surface area contributed by atoms with Crippen molar-refractivity contribution in [2.45, 2.75) is 0 Å². The zero-order valence-electron chi connectivity index (χ0n) is 3.30. The Kier molecular flexibility index (Phi) is 1.51. The molecule has 0 spiro atoms. The fourth-order valence-corrected chi connectivity index (χ4v) is 0. The molecule has 3 N–H and O–H groups in total. The summed E-state index contributed by atoms with van der Waals surface area (Å²) < 4.78 is 21.2. The largest absolute Gasteiger partial charge is 0.274 e. The van der Waals surface area contributed by atoms with Gasteiger partial charge in [-0.1, -0.05) is 0 Å². The van der Waals surface area contributed by atoms with Crippen LogP contribution in [0.3, 0.4) is 0 Å². The second kappa shape index (κ2) is 1.55. The molecule has 0 amide bonds. The Labute approximate surface area is 36.5 Å². The van der Waals surface area contributed by atoms with E-state index in [1.807, 2.05) is 4.72 Å². The van der Waals surface area contributed by atoms with Gasteiger partial charge in [-0.3, -0.25) is 0 Å². The van der Waals surface area contributed by atoms with E-state index in [4.69, 9.17) is 0 Å². The van der Waals surface area contributed by atoms with Crippen LogP contribution in [0.25, 0.3) is 0 Å². The molecule has 4 nitrogen and oxygen atoms in total. The van der Waals surface area contributed by atoms with Crippen LogP contribution in [-0.2, 0) is 10.2 Å². The van der Waals surface area contributed by atoms with Crippen molar-refractivity contribution in [2.24, 2.45) is 5.14 Å². The van der Waals surface area contributed by atoms with Crippen molar-refractivity contribution in [3.8, 4) is 0 Å². The molecule has 0 radical (unpaired) electrons. The first-order valence-electron chi connectivity index (χ1n) is 1.27. The van der Waals surface area contributed by atoms with Crippen LogP contribution < -0.4 is 9.86 Å². The molecular weight excluding hydrogens is 104 g/mol. The molecular formula is CH6N2O2S. The summed E-state index contributed by atoms with van der Waals surface area (Å²) in [6, 6.07) is 0. The van der Waals surface area contributed by atoms with Crippen LogP contribution in [0.5, 0.6) is 0 Å². The van der Waals surface area contributed by atoms with Crippen LogP contribution in [0.4, 0.5) is 0 Å². The van der Waals surface area contributed by atoms with Gasteiger partial charge in [0.15, 0.2) is 0 Å². The molecule has 0 aromatic carbocycles. The highest BCUT2D eigenvalue weighted by molar-refractivity contribution is 7.87. The Bertz CT molecular complexity index is 114. The molecule has 0 saturated carbocycles. The lowest BCUT2D eigenvalue weighted by atomic mass is 11.6. The third-order valence-electron chi connectivity index (χ3n) is 0.285. The fourth-order valence-electron chi connectivity index (χ4n) is 0. The molecule has 0 aromatic heterocycles. The van der Waals surface area contributed by atoms with Gasteiger partial charge in [0, 0.05) is 7.05 Å². The van der Waals surface area contributed by atoms with Gasteiger partial charge in [0.1, 0.15) is 0 Å². The molecule has 0 heterocycles. The summed E-state index contributed by atoms with van der Waals surface area (Å²) in [7, 11) is -2.17. The molecule has 0 atom stereocenters. The maximum Gasteiger partial charge on any atom is 0.274 e. The van der Waals surface area contributed by atoms with Crippen molar-refractivity contribution in [1.82, 2.24) is 4.72 Å². The van der Waals surface area contributed by atoms with Gasteiger partial charge in [0.05, 0.1) is 0 Å². The first-order valence-corrected chi connectivity index (χ1v) is 2.82. The van der Waals surface area contributed by atoms with Gasteiger partial charge in [0.2, 0.25) is 0 Å². The van der Waals surface area contributed by atoms with Crippen LogP contribution in [-0.4, -0.2) is 15.5 Å². The van der Waals surface area contributed by atoms with E-state index < -0.39 is 10.2 Å². The number of hydrogen-bond acceptors (Lipinski definition) is 2. The Morgan fingerprint density at radius 1 is 1.67 bits per heavy atom. The molecule has 6 heavy (non-hydrogen) atoms. The molecule has 5 heteroatoms. The summed E-state index contributed by atoms with van der Waals surface area (Å²) in [6.45, 7) is 0. The Morgan fingerprint density at radius 3 is 1.83 bits per heavy atom. The van der Waals surface area contributed by atoms with Gasteiger partial charge in [-0.15, -0.1) is 0 Å². The summed E-state index contributed by atoms with van der Waals surface area (Å²) >= 11 is 0. The van der Waals surface area contributed by atoms with Gasteiger partial charge < -0.3 is 0 Å². The third kappa shape index (κ3) is 3.87. The topological polar surface area (TPSA) is 72.2 Å². The monoisotopic (exact) mass is 110 g/mol. The van der Waals surface area contributed by atoms with E-state index in [-0.39, 0.29) is 0 Å². The Morgan fingerprint density at radius 2 is 1.83 bits per heavy atom. The normalized spacial score (nSPS) is 11.7. The average molecular weight is 110 g/mol. The molecule has 0 fully saturated rings. The minimum atomic E-state index is -3.41. The van der Waals surface area contributed by atoms with Crippen LogP contribution in [0.15, 0.2) is 0 Å². The number of nitrogens with one attached hydrogen (secondary N) is 1. The van der Waals surface area contributed by atoms with E-state index in [1.54, 1.807) is 0 Å². The molecule has 0 bridgehead atoms. The molecule has 0 aliphatic rings. The minimum Gasteiger partial charge on any atom is -0.216 e. The molecule has 0 saturated heterocycles. The van der Waals surface area contributed by atoms with E-state index >= 15 is 0 Å². The lowest BCUT2D eigenvalue weighted by Gasteiger charge is -1.85. The molecule has 0 unspecified atom stereocenters. The van der Waals surface area contributed by atoms with Crippen molar-refractivity contribution < 1.29 is 8.42 Å². The Balaban J connectivity index is 3.85. The van der Waals surface area contributed by atoms with Crippen molar-refractivity contribution in [3.05, 3.63) is 0 Å². The highest BCUT2D eigenvalue weighted by Gasteiger charge is 1.88. The first-order chi connectivity index (χ1) is 2.56. The maximum absolute atomic E-state index is 9.67. The maximum atomic E-state index is 9.67. The van der Waals surface area contributed by atoms with Crippen LogP contribution in [0.1, 0.15) is 0 Å². The van der Waals surface area contributed by atoms with Crippen molar-refractivity contribution in [3.63, 3.8) is 0 Å². The van der Waals surface area contributed by atoms with E-state index in [9.17, 15) is 8.42 Å². The number of hydrogen-bond donors (Lipinski definition) is 2. The quantitative estimate of drug-likeness (QED) is 0.427. The number of nitrogens with two attached hydrogens (primary N) is 1. The van der Waals surface area contributed by atoms with Crippen molar-refractivity contribution in [1.29, 1.82) is 0 Å². The molecule has 0 aliphatic carbocycles. The molecule has 0 aliphatic heterocycles. The third-order valence-corrected chi connectivity index (χ3v) is 0.854. The highest BCUT2D eigenvalue weighted by Crippen LogP contribution is 1.53. The molecule has 0 rings (SSSR count). The van der Waals surface area contributed by atoms with E-state index in [2.05, 4.69) is 5.14 Å². The average Bonchev–Trinajstić information content (AvgIpc) is 1.35. The Hall–Kier alpha value is -0.130. The zero-order valence-corrected chi connectivity index (χ0v) is 4.12. The molecule has 0 aromatic rings. The van der Waals surface area contributed by atoms with Gasteiger partial charge in [-0.2, -0.15) is 8.42 Å². The molecule has 38 valence electrons. The van der Waals surface area contributed by atoms with E-state index in [0.29, 0.717) is 0 Å². The van der Waals surface area contributed by atoms with Crippen LogP contribution in [0.2, 0.25) is 0 Å². The predicted octanol–water partition coefficient (Wildman–Crippen LogP) is -1.59. The van der Waals surface area contributed by atoms with E-state index in [1.165, 1.54) is 7.05 Å². The highest BCUT2D eigenvalue weighted by atomic mass is 32.2. The summed E-state index contributed by atoms with van der Waals surface area (Å²) in [5.41, 5.74) is 0. The second-order valence-corrected chi connectivity index (χ2v) is 2.25. The van der Waals surface area contributed by atoms with Crippen molar-refractivity contribution in [2.75, 3.05) is 7.05 Å². The predicted molar refractivity (Wildman–Crippen MR) is 22.2 cm³/mol. The van der Waals surface area contributed by atoms with Gasteiger partial charge in [0.25, 0.3) is 10.2 Å². The van der Waals surface area contributed by atoms with Crippen LogP contribution in [0, 0.1) is 0 Å². The van der Waals surface area contributed by atoms with Gasteiger partial charge >= 0.3 is 0 Å². The van der Waals surface area contributed by atoms with Crippen LogP contribution >= 0.6 is 0 Å². The zero-order chi connectivity index (χ0) is 5.21. The van der Waals surface area contributed by atoms with E-state index in [0.717, 1.165) is 0 Å². The first kappa shape index (κ1) is 5.87. The summed E-state index contributed by atoms with van der Waals surface area (Å²) in [4.78, 5) is 0. The summed E-state index contributed by atoms with van der Waals surface area (Å²) in [5, 5.41) is 4.40. The smallest absolute Gasteiger partial charge is 0.216 e. The van der Waals surface area contributed by atoms with Gasteiger partial charge in [-0.05, 0) is 0 Å². The summed E-state index contributed by atoms with van der Waals surface area (Å²) in [6.07, 6.45) is 0. The van der Waals surface area contributed by atoms with Gasteiger partial charge in [-0.25, -0.2) is 9.86 Å². The van der Waals surface area contributed by atoms with Crippen molar-refractivity contribution >= 4 is 10.2 Å². The second-order valence-electron chi connectivity index (χ2n) is 0.749.